The van der Waals surface area contributed by atoms with Crippen LogP contribution in [-0.4, -0.2) is 11.1 Å². The van der Waals surface area contributed by atoms with Crippen LogP contribution in [-0.2, 0) is 5.75 Å². The molecule has 0 amide bonds. The van der Waals surface area contributed by atoms with Gasteiger partial charge in [-0.2, -0.15) is 0 Å². The molecule has 4 nitrogen and oxygen atoms in total. The van der Waals surface area contributed by atoms with Crippen LogP contribution in [0.5, 0.6) is 0 Å². The second kappa shape index (κ2) is 5.14. The molecule has 2 aromatic rings. The van der Waals surface area contributed by atoms with E-state index >= 15 is 0 Å². The van der Waals surface area contributed by atoms with Crippen molar-refractivity contribution in [2.24, 2.45) is 0 Å². The Bertz CT molecular complexity index is 582. The van der Waals surface area contributed by atoms with Crippen LogP contribution in [0.25, 0.3) is 0 Å². The molecule has 0 aliphatic rings. The molecule has 0 saturated carbocycles. The number of benzene rings is 1. The predicted octanol–water partition coefficient (Wildman–Crippen LogP) is 2.99. The summed E-state index contributed by atoms with van der Waals surface area (Å²) in [6.45, 7) is 0. The van der Waals surface area contributed by atoms with Crippen LogP contribution in [0.15, 0.2) is 39.8 Å². The maximum absolute atomic E-state index is 13.2. The van der Waals surface area contributed by atoms with Crippen molar-refractivity contribution < 1.29 is 18.7 Å². The molecule has 0 spiro atoms. The van der Waals surface area contributed by atoms with Gasteiger partial charge in [0.15, 0.2) is 0 Å². The molecular weight excluding hydrogens is 257 g/mol. The lowest BCUT2D eigenvalue weighted by Gasteiger charge is -2.02. The van der Waals surface area contributed by atoms with E-state index in [-0.39, 0.29) is 11.4 Å². The van der Waals surface area contributed by atoms with Crippen LogP contribution in [0.3, 0.4) is 0 Å². The van der Waals surface area contributed by atoms with Gasteiger partial charge in [-0.1, -0.05) is 0 Å². The van der Waals surface area contributed by atoms with Crippen molar-refractivity contribution in [3.05, 3.63) is 47.7 Å². The molecule has 1 aromatic heterocycles. The number of hydrogen-bond donors (Lipinski definition) is 2. The highest BCUT2D eigenvalue weighted by atomic mass is 32.2. The molecule has 0 bridgehead atoms. The number of halogens is 1. The Morgan fingerprint density at radius 3 is 2.89 bits per heavy atom. The summed E-state index contributed by atoms with van der Waals surface area (Å²) >= 11 is 1.31. The van der Waals surface area contributed by atoms with E-state index in [9.17, 15) is 9.18 Å². The summed E-state index contributed by atoms with van der Waals surface area (Å²) < 4.78 is 18.1. The summed E-state index contributed by atoms with van der Waals surface area (Å²) in [6.07, 6.45) is 1.32. The Hall–Kier alpha value is -1.95. The summed E-state index contributed by atoms with van der Waals surface area (Å²) in [4.78, 5) is 11.5. The van der Waals surface area contributed by atoms with Crippen molar-refractivity contribution in [2.75, 3.05) is 5.73 Å². The molecule has 1 aromatic carbocycles. The Morgan fingerprint density at radius 1 is 1.44 bits per heavy atom. The molecule has 6 heteroatoms. The molecule has 3 N–H and O–H groups in total. The quantitative estimate of drug-likeness (QED) is 0.657. The van der Waals surface area contributed by atoms with Gasteiger partial charge in [0, 0.05) is 16.2 Å². The molecule has 0 fully saturated rings. The predicted molar refractivity (Wildman–Crippen MR) is 66.0 cm³/mol. The number of thioether (sulfide) groups is 1. The zero-order chi connectivity index (χ0) is 13.1. The molecule has 0 atom stereocenters. The largest absolute Gasteiger partial charge is 0.475 e. The minimum atomic E-state index is -1.11. The van der Waals surface area contributed by atoms with Crippen LogP contribution in [0, 0.1) is 5.82 Å². The van der Waals surface area contributed by atoms with Gasteiger partial charge >= 0.3 is 5.97 Å². The molecule has 18 heavy (non-hydrogen) atoms. The highest BCUT2D eigenvalue weighted by Gasteiger charge is 2.14. The van der Waals surface area contributed by atoms with Crippen LogP contribution in [0.2, 0.25) is 0 Å². The monoisotopic (exact) mass is 267 g/mol. The molecule has 1 heterocycles. The standard InChI is InChI=1S/C12H10FNO3S/c13-9-5-8(1-2-10(9)14)18-6-7-3-4-17-11(7)12(15)16/h1-5H,6,14H2,(H,15,16). The number of aromatic carboxylic acids is 1. The Morgan fingerprint density at radius 2 is 2.22 bits per heavy atom. The van der Waals surface area contributed by atoms with Gasteiger partial charge in [0.05, 0.1) is 12.0 Å². The van der Waals surface area contributed by atoms with Crippen molar-refractivity contribution >= 4 is 23.4 Å². The maximum atomic E-state index is 13.2. The van der Waals surface area contributed by atoms with E-state index in [1.165, 1.54) is 30.2 Å². The molecule has 0 saturated heterocycles. The first-order valence-corrected chi connectivity index (χ1v) is 6.04. The first-order chi connectivity index (χ1) is 8.58. The number of hydrogen-bond acceptors (Lipinski definition) is 4. The summed E-state index contributed by atoms with van der Waals surface area (Å²) in [6, 6.07) is 6.07. The second-order valence-electron chi connectivity index (χ2n) is 3.55. The van der Waals surface area contributed by atoms with Gasteiger partial charge in [-0.3, -0.25) is 0 Å². The molecule has 0 aliphatic heterocycles. The van der Waals surface area contributed by atoms with Gasteiger partial charge < -0.3 is 15.3 Å². The summed E-state index contributed by atoms with van der Waals surface area (Å²) in [5.41, 5.74) is 6.02. The number of anilines is 1. The van der Waals surface area contributed by atoms with Crippen LogP contribution < -0.4 is 5.73 Å². The highest BCUT2D eigenvalue weighted by molar-refractivity contribution is 7.98. The number of carbonyl (C=O) groups is 1. The maximum Gasteiger partial charge on any atom is 0.372 e. The third kappa shape index (κ3) is 2.65. The Labute approximate surface area is 107 Å². The number of furan rings is 1. The van der Waals surface area contributed by atoms with E-state index < -0.39 is 11.8 Å². The summed E-state index contributed by atoms with van der Waals surface area (Å²) in [5, 5.41) is 8.85. The molecule has 94 valence electrons. The Kier molecular flexibility index (Phi) is 3.57. The molecule has 0 unspecified atom stereocenters. The first-order valence-electron chi connectivity index (χ1n) is 5.05. The fourth-order valence-corrected chi connectivity index (χ4v) is 2.30. The SMILES string of the molecule is Nc1ccc(SCc2ccoc2C(=O)O)cc1F. The number of carboxylic acid groups (broad SMARTS) is 1. The number of carboxylic acids is 1. The normalized spacial score (nSPS) is 10.5. The average Bonchev–Trinajstić information content (AvgIpc) is 2.79. The van der Waals surface area contributed by atoms with E-state index in [1.807, 2.05) is 0 Å². The van der Waals surface area contributed by atoms with E-state index in [4.69, 9.17) is 15.3 Å². The summed E-state index contributed by atoms with van der Waals surface area (Å²) in [5.74, 6) is -1.29. The van der Waals surface area contributed by atoms with Gasteiger partial charge in [-0.15, -0.1) is 11.8 Å². The van der Waals surface area contributed by atoms with Crippen LogP contribution in [0.1, 0.15) is 16.1 Å². The van der Waals surface area contributed by atoms with Crippen molar-refractivity contribution in [1.82, 2.24) is 0 Å². The zero-order valence-corrected chi connectivity index (χ0v) is 10.0. The van der Waals surface area contributed by atoms with Gasteiger partial charge in [0.25, 0.3) is 0 Å². The van der Waals surface area contributed by atoms with Gasteiger partial charge in [0.2, 0.25) is 5.76 Å². The topological polar surface area (TPSA) is 76.5 Å². The second-order valence-corrected chi connectivity index (χ2v) is 4.60. The van der Waals surface area contributed by atoms with Crippen LogP contribution in [0.4, 0.5) is 10.1 Å². The molecular formula is C12H10FNO3S. The lowest BCUT2D eigenvalue weighted by molar-refractivity contribution is 0.0661. The average molecular weight is 267 g/mol. The van der Waals surface area contributed by atoms with Crippen molar-refractivity contribution in [3.8, 4) is 0 Å². The van der Waals surface area contributed by atoms with E-state index in [2.05, 4.69) is 0 Å². The van der Waals surface area contributed by atoms with Gasteiger partial charge in [-0.05, 0) is 24.3 Å². The third-order valence-electron chi connectivity index (χ3n) is 2.31. The van der Waals surface area contributed by atoms with E-state index in [0.717, 1.165) is 0 Å². The fraction of sp³-hybridized carbons (Fsp3) is 0.0833. The van der Waals surface area contributed by atoms with Crippen molar-refractivity contribution in [1.29, 1.82) is 0 Å². The minimum absolute atomic E-state index is 0.0848. The lowest BCUT2D eigenvalue weighted by atomic mass is 10.3. The number of nitrogens with two attached hydrogens (primary N) is 1. The Balaban J connectivity index is 2.09. The molecule has 2 rings (SSSR count). The minimum Gasteiger partial charge on any atom is -0.475 e. The first kappa shape index (κ1) is 12.5. The molecule has 0 aliphatic carbocycles. The van der Waals surface area contributed by atoms with Crippen LogP contribution >= 0.6 is 11.8 Å². The lowest BCUT2D eigenvalue weighted by Crippen LogP contribution is -1.97. The van der Waals surface area contributed by atoms with Gasteiger partial charge in [-0.25, -0.2) is 9.18 Å². The summed E-state index contributed by atoms with van der Waals surface area (Å²) in [7, 11) is 0. The van der Waals surface area contributed by atoms with E-state index in [1.54, 1.807) is 12.1 Å². The third-order valence-corrected chi connectivity index (χ3v) is 3.35. The highest BCUT2D eigenvalue weighted by Crippen LogP contribution is 2.27. The van der Waals surface area contributed by atoms with Crippen molar-refractivity contribution in [3.63, 3.8) is 0 Å². The van der Waals surface area contributed by atoms with E-state index in [0.29, 0.717) is 16.2 Å². The van der Waals surface area contributed by atoms with Crippen molar-refractivity contribution in [2.45, 2.75) is 10.6 Å². The van der Waals surface area contributed by atoms with Gasteiger partial charge in [0.1, 0.15) is 5.82 Å². The number of nitrogen functional groups attached to an aromatic ring is 1. The smallest absolute Gasteiger partial charge is 0.372 e. The number of rotatable bonds is 4. The molecule has 0 radical (unpaired) electrons. The zero-order valence-electron chi connectivity index (χ0n) is 9.22. The fourth-order valence-electron chi connectivity index (χ4n) is 1.40.